The van der Waals surface area contributed by atoms with E-state index in [9.17, 15) is 0 Å². The topological polar surface area (TPSA) is 29.3 Å². The van der Waals surface area contributed by atoms with Gasteiger partial charge in [0.25, 0.3) is 0 Å². The molecule has 1 aromatic carbocycles. The van der Waals surface area contributed by atoms with Crippen LogP contribution in [0.2, 0.25) is 0 Å². The van der Waals surface area contributed by atoms with Gasteiger partial charge in [-0.1, -0.05) is 6.07 Å². The smallest absolute Gasteiger partial charge is 0.0508 e. The first kappa shape index (κ1) is 11.5. The first-order valence-electron chi connectivity index (χ1n) is 4.82. The summed E-state index contributed by atoms with van der Waals surface area (Å²) in [6.45, 7) is 5.12. The highest BCUT2D eigenvalue weighted by atomic mass is 79.9. The lowest BCUT2D eigenvalue weighted by molar-refractivity contribution is 0.816. The van der Waals surface area contributed by atoms with Crippen LogP contribution < -0.4 is 10.6 Å². The summed E-state index contributed by atoms with van der Waals surface area (Å²) in [6.07, 6.45) is 0. The van der Waals surface area contributed by atoms with Gasteiger partial charge in [-0.05, 0) is 47.5 Å². The van der Waals surface area contributed by atoms with Gasteiger partial charge in [0.05, 0.1) is 5.69 Å². The van der Waals surface area contributed by atoms with Crippen molar-refractivity contribution in [1.82, 2.24) is 0 Å². The maximum absolute atomic E-state index is 5.81. The summed E-state index contributed by atoms with van der Waals surface area (Å²) in [4.78, 5) is 2.19. The molecule has 0 radical (unpaired) electrons. The summed E-state index contributed by atoms with van der Waals surface area (Å²) in [7, 11) is 2.08. The van der Waals surface area contributed by atoms with Gasteiger partial charge in [0.2, 0.25) is 0 Å². The van der Waals surface area contributed by atoms with Gasteiger partial charge in [-0.2, -0.15) is 0 Å². The van der Waals surface area contributed by atoms with Crippen molar-refractivity contribution < 1.29 is 0 Å². The van der Waals surface area contributed by atoms with E-state index in [1.807, 2.05) is 6.92 Å². The maximum atomic E-state index is 5.81. The second-order valence-electron chi connectivity index (χ2n) is 3.51. The first-order chi connectivity index (χ1) is 6.56. The average Bonchev–Trinajstić information content (AvgIpc) is 2.16. The normalized spacial score (nSPS) is 12.6. The highest BCUT2D eigenvalue weighted by molar-refractivity contribution is 9.10. The number of nitrogens with zero attached hydrogens (tertiary/aromatic N) is 1. The molecule has 0 fully saturated rings. The van der Waals surface area contributed by atoms with E-state index in [0.29, 0.717) is 0 Å². The molecule has 1 atom stereocenters. The molecule has 0 spiro atoms. The zero-order chi connectivity index (χ0) is 10.7. The number of anilines is 1. The van der Waals surface area contributed by atoms with Gasteiger partial charge in [0.1, 0.15) is 0 Å². The molecule has 3 heteroatoms. The van der Waals surface area contributed by atoms with Crippen molar-refractivity contribution in [2.75, 3.05) is 18.5 Å². The summed E-state index contributed by atoms with van der Waals surface area (Å²) >= 11 is 3.56. The van der Waals surface area contributed by atoms with Crippen LogP contribution in [0, 0.1) is 0 Å². The standard InChI is InChI=1S/C11H17BrN2/c1-4-14(3)11-6-5-9(8(2)13)7-10(11)12/h5-8H,4,13H2,1-3H3/t8-/m1/s1. The molecule has 0 bridgehead atoms. The summed E-state index contributed by atoms with van der Waals surface area (Å²) in [6, 6.07) is 6.36. The van der Waals surface area contributed by atoms with E-state index in [-0.39, 0.29) is 6.04 Å². The van der Waals surface area contributed by atoms with Gasteiger partial charge in [-0.3, -0.25) is 0 Å². The van der Waals surface area contributed by atoms with Crippen LogP contribution in [0.15, 0.2) is 22.7 Å². The van der Waals surface area contributed by atoms with Crippen molar-refractivity contribution >= 4 is 21.6 Å². The molecule has 0 amide bonds. The van der Waals surface area contributed by atoms with Crippen LogP contribution in [-0.4, -0.2) is 13.6 Å². The van der Waals surface area contributed by atoms with Gasteiger partial charge in [-0.15, -0.1) is 0 Å². The van der Waals surface area contributed by atoms with Crippen LogP contribution in [0.1, 0.15) is 25.5 Å². The first-order valence-corrected chi connectivity index (χ1v) is 5.61. The van der Waals surface area contributed by atoms with Crippen molar-refractivity contribution in [3.63, 3.8) is 0 Å². The minimum Gasteiger partial charge on any atom is -0.374 e. The zero-order valence-corrected chi connectivity index (χ0v) is 10.5. The Labute approximate surface area is 94.2 Å². The SMILES string of the molecule is CCN(C)c1ccc([C@@H](C)N)cc1Br. The third kappa shape index (κ3) is 2.49. The minimum atomic E-state index is 0.0901. The van der Waals surface area contributed by atoms with E-state index in [4.69, 9.17) is 5.73 Å². The van der Waals surface area contributed by atoms with Gasteiger partial charge in [-0.25, -0.2) is 0 Å². The Balaban J connectivity index is 3.01. The highest BCUT2D eigenvalue weighted by Crippen LogP contribution is 2.27. The molecule has 0 saturated heterocycles. The van der Waals surface area contributed by atoms with Crippen molar-refractivity contribution in [3.05, 3.63) is 28.2 Å². The van der Waals surface area contributed by atoms with E-state index < -0.39 is 0 Å². The van der Waals surface area contributed by atoms with E-state index >= 15 is 0 Å². The molecule has 0 heterocycles. The van der Waals surface area contributed by atoms with Crippen molar-refractivity contribution in [2.24, 2.45) is 5.73 Å². The summed E-state index contributed by atoms with van der Waals surface area (Å²) < 4.78 is 1.11. The summed E-state index contributed by atoms with van der Waals surface area (Å²) in [5, 5.41) is 0. The Morgan fingerprint density at radius 1 is 1.50 bits per heavy atom. The fourth-order valence-electron chi connectivity index (χ4n) is 1.29. The summed E-state index contributed by atoms with van der Waals surface area (Å²) in [5.41, 5.74) is 8.17. The number of rotatable bonds is 3. The van der Waals surface area contributed by atoms with Crippen LogP contribution in [0.3, 0.4) is 0 Å². The van der Waals surface area contributed by atoms with E-state index in [1.54, 1.807) is 0 Å². The molecular formula is C11H17BrN2. The molecule has 1 aromatic rings. The second kappa shape index (κ2) is 4.80. The number of nitrogens with two attached hydrogens (primary N) is 1. The molecule has 1 rings (SSSR count). The molecule has 0 unspecified atom stereocenters. The number of hydrogen-bond donors (Lipinski definition) is 1. The van der Waals surface area contributed by atoms with E-state index in [2.05, 4.69) is 53.0 Å². The maximum Gasteiger partial charge on any atom is 0.0508 e. The molecule has 78 valence electrons. The quantitative estimate of drug-likeness (QED) is 0.902. The Bertz CT molecular complexity index is 310. The summed E-state index contributed by atoms with van der Waals surface area (Å²) in [5.74, 6) is 0. The second-order valence-corrected chi connectivity index (χ2v) is 4.37. The van der Waals surface area contributed by atoms with Crippen molar-refractivity contribution in [1.29, 1.82) is 0 Å². The van der Waals surface area contributed by atoms with Crippen LogP contribution in [-0.2, 0) is 0 Å². The highest BCUT2D eigenvalue weighted by Gasteiger charge is 2.06. The van der Waals surface area contributed by atoms with E-state index in [0.717, 1.165) is 16.6 Å². The predicted octanol–water partition coefficient (Wildman–Crippen LogP) is 2.92. The fourth-order valence-corrected chi connectivity index (χ4v) is 1.99. The molecule has 2 N–H and O–H groups in total. The predicted molar refractivity (Wildman–Crippen MR) is 65.7 cm³/mol. The van der Waals surface area contributed by atoms with Crippen molar-refractivity contribution in [3.8, 4) is 0 Å². The molecule has 2 nitrogen and oxygen atoms in total. The monoisotopic (exact) mass is 256 g/mol. The third-order valence-electron chi connectivity index (χ3n) is 2.38. The number of benzene rings is 1. The third-order valence-corrected chi connectivity index (χ3v) is 3.02. The molecule has 0 aromatic heterocycles. The van der Waals surface area contributed by atoms with Crippen LogP contribution >= 0.6 is 15.9 Å². The molecular weight excluding hydrogens is 240 g/mol. The lowest BCUT2D eigenvalue weighted by Crippen LogP contribution is -2.16. The minimum absolute atomic E-state index is 0.0901. The molecule has 0 aliphatic heterocycles. The number of halogens is 1. The van der Waals surface area contributed by atoms with Gasteiger partial charge >= 0.3 is 0 Å². The Kier molecular flexibility index (Phi) is 3.96. The van der Waals surface area contributed by atoms with E-state index in [1.165, 1.54) is 5.69 Å². The zero-order valence-electron chi connectivity index (χ0n) is 8.92. The van der Waals surface area contributed by atoms with Crippen LogP contribution in [0.25, 0.3) is 0 Å². The molecule has 14 heavy (non-hydrogen) atoms. The molecule has 0 aliphatic carbocycles. The van der Waals surface area contributed by atoms with Crippen LogP contribution in [0.4, 0.5) is 5.69 Å². The Morgan fingerprint density at radius 3 is 2.57 bits per heavy atom. The Morgan fingerprint density at radius 2 is 2.14 bits per heavy atom. The number of hydrogen-bond acceptors (Lipinski definition) is 2. The Hall–Kier alpha value is -0.540. The lowest BCUT2D eigenvalue weighted by atomic mass is 10.1. The van der Waals surface area contributed by atoms with Crippen LogP contribution in [0.5, 0.6) is 0 Å². The van der Waals surface area contributed by atoms with Gasteiger partial charge < -0.3 is 10.6 Å². The fraction of sp³-hybridized carbons (Fsp3) is 0.455. The molecule has 0 aliphatic rings. The largest absolute Gasteiger partial charge is 0.374 e. The van der Waals surface area contributed by atoms with Crippen molar-refractivity contribution in [2.45, 2.75) is 19.9 Å². The van der Waals surface area contributed by atoms with Gasteiger partial charge in [0, 0.05) is 24.1 Å². The van der Waals surface area contributed by atoms with Gasteiger partial charge in [0.15, 0.2) is 0 Å². The lowest BCUT2D eigenvalue weighted by Gasteiger charge is -2.19. The molecule has 0 saturated carbocycles. The average molecular weight is 257 g/mol.